The minimum atomic E-state index is -0.470. The molecule has 1 saturated heterocycles. The molecule has 0 unspecified atom stereocenters. The highest BCUT2D eigenvalue weighted by Crippen LogP contribution is 2.26. The zero-order chi connectivity index (χ0) is 19.3. The second-order valence-corrected chi connectivity index (χ2v) is 7.27. The molecular weight excluding hydrogens is 359 g/mol. The van der Waals surface area contributed by atoms with Gasteiger partial charge in [0, 0.05) is 24.2 Å². The van der Waals surface area contributed by atoms with Crippen molar-refractivity contribution in [2.45, 2.75) is 25.7 Å². The maximum absolute atomic E-state index is 14.4. The molecule has 4 aromatic heterocycles. The van der Waals surface area contributed by atoms with Crippen LogP contribution in [0.3, 0.4) is 0 Å². The van der Waals surface area contributed by atoms with Crippen molar-refractivity contribution in [1.82, 2.24) is 29.7 Å². The van der Waals surface area contributed by atoms with Crippen LogP contribution in [0, 0.1) is 12.7 Å². The van der Waals surface area contributed by atoms with Gasteiger partial charge in [0.2, 0.25) is 0 Å². The van der Waals surface area contributed by atoms with Gasteiger partial charge in [0.05, 0.1) is 11.1 Å². The first-order chi connectivity index (χ1) is 13.6. The molecule has 0 radical (unpaired) electrons. The Balaban J connectivity index is 1.60. The number of rotatable bonds is 2. The molecular formula is C20H19FN6O. The first kappa shape index (κ1) is 17.0. The molecule has 0 spiro atoms. The normalized spacial score (nSPS) is 15.5. The van der Waals surface area contributed by atoms with Crippen LogP contribution in [0.1, 0.15) is 30.0 Å². The number of nitrogens with one attached hydrogen (secondary N) is 2. The Morgan fingerprint density at radius 2 is 2.00 bits per heavy atom. The van der Waals surface area contributed by atoms with Gasteiger partial charge < -0.3 is 14.7 Å². The molecule has 0 atom stereocenters. The molecule has 2 N–H and O–H groups in total. The van der Waals surface area contributed by atoms with E-state index in [1.165, 1.54) is 6.07 Å². The topological polar surface area (TPSA) is 88.0 Å². The van der Waals surface area contributed by atoms with E-state index in [-0.39, 0.29) is 17.0 Å². The largest absolute Gasteiger partial charge is 0.317 e. The van der Waals surface area contributed by atoms with E-state index in [2.05, 4.69) is 25.3 Å². The molecule has 28 heavy (non-hydrogen) atoms. The summed E-state index contributed by atoms with van der Waals surface area (Å²) in [6, 6.07) is 3.21. The minimum Gasteiger partial charge on any atom is -0.317 e. The minimum absolute atomic E-state index is 0.245. The molecule has 7 nitrogen and oxygen atoms in total. The van der Waals surface area contributed by atoms with Crippen molar-refractivity contribution < 1.29 is 4.39 Å². The highest BCUT2D eigenvalue weighted by molar-refractivity contribution is 5.76. The molecule has 5 heterocycles. The second-order valence-electron chi connectivity index (χ2n) is 7.27. The molecule has 0 aromatic carbocycles. The summed E-state index contributed by atoms with van der Waals surface area (Å²) in [5.41, 5.74) is 2.57. The summed E-state index contributed by atoms with van der Waals surface area (Å²) < 4.78 is 16.0. The van der Waals surface area contributed by atoms with Crippen molar-refractivity contribution in [2.75, 3.05) is 13.1 Å². The molecule has 0 saturated carbocycles. The predicted octanol–water partition coefficient (Wildman–Crippen LogP) is 2.55. The first-order valence-corrected chi connectivity index (χ1v) is 9.34. The van der Waals surface area contributed by atoms with E-state index in [1.54, 1.807) is 29.9 Å². The lowest BCUT2D eigenvalue weighted by atomic mass is 9.91. The Hall–Kier alpha value is -3.13. The lowest BCUT2D eigenvalue weighted by Crippen LogP contribution is -2.26. The highest BCUT2D eigenvalue weighted by atomic mass is 19.1. The van der Waals surface area contributed by atoms with Gasteiger partial charge in [-0.2, -0.15) is 0 Å². The van der Waals surface area contributed by atoms with Crippen LogP contribution in [-0.4, -0.2) is 37.4 Å². The van der Waals surface area contributed by atoms with Crippen LogP contribution in [0.25, 0.3) is 28.1 Å². The third-order valence-corrected chi connectivity index (χ3v) is 5.29. The van der Waals surface area contributed by atoms with Gasteiger partial charge in [0.1, 0.15) is 5.82 Å². The number of aromatic nitrogens is 5. The number of imidazole rings is 1. The number of hydrogen-bond acceptors (Lipinski definition) is 5. The maximum Gasteiger partial charge on any atom is 0.260 e. The van der Waals surface area contributed by atoms with Gasteiger partial charge in [0.25, 0.3) is 5.56 Å². The number of pyridine rings is 2. The number of H-pyrrole nitrogens is 1. The van der Waals surface area contributed by atoms with E-state index in [4.69, 9.17) is 0 Å². The Morgan fingerprint density at radius 3 is 2.82 bits per heavy atom. The zero-order valence-electron chi connectivity index (χ0n) is 15.4. The lowest BCUT2D eigenvalue weighted by molar-refractivity contribution is 0.460. The standard InChI is InChI=1S/C20H19FN6O/c1-11-9-27-10-14(7-16(21)19(27)24-11)17-25-18-15(20(28)26-17)6-13(8-23-18)12-2-4-22-5-3-12/h6-10,12,22H,2-5H2,1H3,(H,23,25,26,28). The van der Waals surface area contributed by atoms with E-state index in [0.717, 1.165) is 31.5 Å². The van der Waals surface area contributed by atoms with Crippen molar-refractivity contribution >= 4 is 16.7 Å². The SMILES string of the molecule is Cc1cn2cc(-c3nc4ncc(C5CCNCC5)cc4c(=O)[nH]3)cc(F)c2n1. The van der Waals surface area contributed by atoms with Crippen molar-refractivity contribution in [3.63, 3.8) is 0 Å². The van der Waals surface area contributed by atoms with E-state index < -0.39 is 5.82 Å². The van der Waals surface area contributed by atoms with E-state index in [9.17, 15) is 9.18 Å². The Morgan fingerprint density at radius 1 is 1.18 bits per heavy atom. The van der Waals surface area contributed by atoms with Gasteiger partial charge in [-0.25, -0.2) is 19.3 Å². The van der Waals surface area contributed by atoms with Gasteiger partial charge in [0.15, 0.2) is 17.1 Å². The molecule has 5 rings (SSSR count). The third kappa shape index (κ3) is 2.86. The number of fused-ring (bicyclic) bond motifs is 2. The molecule has 1 aliphatic heterocycles. The highest BCUT2D eigenvalue weighted by Gasteiger charge is 2.18. The number of piperidine rings is 1. The average molecular weight is 378 g/mol. The summed E-state index contributed by atoms with van der Waals surface area (Å²) in [5.74, 6) is 0.215. The van der Waals surface area contributed by atoms with Crippen LogP contribution in [0.15, 0.2) is 35.5 Å². The quantitative estimate of drug-likeness (QED) is 0.560. The van der Waals surface area contributed by atoms with Crippen LogP contribution in [0.4, 0.5) is 4.39 Å². The second kappa shape index (κ2) is 6.49. The van der Waals surface area contributed by atoms with E-state index in [0.29, 0.717) is 28.2 Å². The summed E-state index contributed by atoms with van der Waals surface area (Å²) in [5, 5.41) is 3.80. The van der Waals surface area contributed by atoms with Gasteiger partial charge >= 0.3 is 0 Å². The monoisotopic (exact) mass is 378 g/mol. The molecule has 4 aromatic rings. The molecule has 0 bridgehead atoms. The predicted molar refractivity (Wildman–Crippen MR) is 104 cm³/mol. The van der Waals surface area contributed by atoms with Gasteiger partial charge in [-0.3, -0.25) is 4.79 Å². The Kier molecular flexibility index (Phi) is 3.94. The fraction of sp³-hybridized carbons (Fsp3) is 0.300. The summed E-state index contributed by atoms with van der Waals surface area (Å²) in [6.07, 6.45) is 7.29. The van der Waals surface area contributed by atoms with Crippen molar-refractivity contribution in [1.29, 1.82) is 0 Å². The number of aryl methyl sites for hydroxylation is 1. The summed E-state index contributed by atoms with van der Waals surface area (Å²) >= 11 is 0. The fourth-order valence-electron chi connectivity index (χ4n) is 3.86. The summed E-state index contributed by atoms with van der Waals surface area (Å²) in [7, 11) is 0. The first-order valence-electron chi connectivity index (χ1n) is 9.34. The maximum atomic E-state index is 14.4. The van der Waals surface area contributed by atoms with Crippen molar-refractivity contribution in [3.05, 3.63) is 58.2 Å². The summed E-state index contributed by atoms with van der Waals surface area (Å²) in [4.78, 5) is 28.5. The van der Waals surface area contributed by atoms with Crippen LogP contribution in [0.5, 0.6) is 0 Å². The van der Waals surface area contributed by atoms with Crippen LogP contribution >= 0.6 is 0 Å². The number of hydrogen-bond donors (Lipinski definition) is 2. The molecule has 1 aliphatic rings. The van der Waals surface area contributed by atoms with Crippen LogP contribution < -0.4 is 10.9 Å². The number of halogens is 1. The molecule has 8 heteroatoms. The van der Waals surface area contributed by atoms with Crippen LogP contribution in [0.2, 0.25) is 0 Å². The van der Waals surface area contributed by atoms with Crippen molar-refractivity contribution in [2.24, 2.45) is 0 Å². The molecule has 0 aliphatic carbocycles. The number of aromatic amines is 1. The van der Waals surface area contributed by atoms with E-state index in [1.807, 2.05) is 6.07 Å². The fourth-order valence-corrected chi connectivity index (χ4v) is 3.86. The molecule has 142 valence electrons. The lowest BCUT2D eigenvalue weighted by Gasteiger charge is -2.22. The van der Waals surface area contributed by atoms with Gasteiger partial charge in [-0.15, -0.1) is 0 Å². The Bertz CT molecular complexity index is 1260. The Labute approximate surface area is 159 Å². The van der Waals surface area contributed by atoms with Crippen LogP contribution in [-0.2, 0) is 0 Å². The smallest absolute Gasteiger partial charge is 0.260 e. The summed E-state index contributed by atoms with van der Waals surface area (Å²) in [6.45, 7) is 3.74. The molecule has 0 amide bonds. The molecule has 1 fully saturated rings. The average Bonchev–Trinajstić information content (AvgIpc) is 3.09. The van der Waals surface area contributed by atoms with Crippen molar-refractivity contribution in [3.8, 4) is 11.4 Å². The number of nitrogens with zero attached hydrogens (tertiary/aromatic N) is 4. The third-order valence-electron chi connectivity index (χ3n) is 5.29. The van der Waals surface area contributed by atoms with Gasteiger partial charge in [-0.05, 0) is 56.5 Å². The van der Waals surface area contributed by atoms with E-state index >= 15 is 0 Å². The van der Waals surface area contributed by atoms with Gasteiger partial charge in [-0.1, -0.05) is 0 Å². The zero-order valence-corrected chi connectivity index (χ0v) is 15.4.